The number of nitrogens with one attached hydrogen (secondary N) is 1. The number of aryl methyl sites for hydroxylation is 2. The van der Waals surface area contributed by atoms with Gasteiger partial charge in [-0.1, -0.05) is 6.92 Å². The second-order valence-electron chi connectivity index (χ2n) is 5.69. The van der Waals surface area contributed by atoms with Crippen LogP contribution < -0.4 is 5.32 Å². The summed E-state index contributed by atoms with van der Waals surface area (Å²) in [6, 6.07) is 3.03. The van der Waals surface area contributed by atoms with Crippen molar-refractivity contribution in [3.63, 3.8) is 0 Å². The van der Waals surface area contributed by atoms with E-state index in [1.807, 2.05) is 4.68 Å². The monoisotopic (exact) mass is 233 g/mol. The molecule has 0 atom stereocenters. The van der Waals surface area contributed by atoms with Crippen LogP contribution in [-0.2, 0) is 20.0 Å². The Hall–Kier alpha value is -0.830. The predicted molar refractivity (Wildman–Crippen MR) is 68.7 cm³/mol. The first kappa shape index (κ1) is 11.3. The fourth-order valence-electron chi connectivity index (χ4n) is 2.76. The molecular weight excluding hydrogens is 210 g/mol. The zero-order chi connectivity index (χ0) is 11.8. The first-order valence-corrected chi connectivity index (χ1v) is 7.03. The minimum absolute atomic E-state index is 0.787. The molecule has 0 aliphatic heterocycles. The number of nitrogens with zero attached hydrogens (tertiary/aromatic N) is 2. The normalized spacial score (nSPS) is 20.2. The van der Waals surface area contributed by atoms with E-state index in [-0.39, 0.29) is 0 Å². The Morgan fingerprint density at radius 2 is 2.00 bits per heavy atom. The predicted octanol–water partition coefficient (Wildman–Crippen LogP) is 2.26. The molecule has 17 heavy (non-hydrogen) atoms. The van der Waals surface area contributed by atoms with Gasteiger partial charge in [-0.3, -0.25) is 4.68 Å². The van der Waals surface area contributed by atoms with Crippen LogP contribution in [0.1, 0.15) is 44.0 Å². The lowest BCUT2D eigenvalue weighted by Gasteiger charge is -2.17. The van der Waals surface area contributed by atoms with Crippen molar-refractivity contribution in [2.45, 2.75) is 51.6 Å². The third-order valence-electron chi connectivity index (χ3n) is 4.17. The summed E-state index contributed by atoms with van der Waals surface area (Å²) >= 11 is 0. The Morgan fingerprint density at radius 3 is 2.47 bits per heavy atom. The lowest BCUT2D eigenvalue weighted by Crippen LogP contribution is -2.33. The number of aromatic nitrogens is 2. The van der Waals surface area contributed by atoms with Crippen LogP contribution in [0.4, 0.5) is 0 Å². The van der Waals surface area contributed by atoms with Crippen LogP contribution in [-0.4, -0.2) is 15.8 Å². The fraction of sp³-hybridized carbons (Fsp3) is 0.786. The first-order valence-electron chi connectivity index (χ1n) is 7.03. The van der Waals surface area contributed by atoms with Gasteiger partial charge in [0.15, 0.2) is 0 Å². The lowest BCUT2D eigenvalue weighted by molar-refractivity contribution is 0.409. The molecule has 0 spiro atoms. The smallest absolute Gasteiger partial charge is 0.0625 e. The van der Waals surface area contributed by atoms with E-state index in [0.29, 0.717) is 0 Å². The highest BCUT2D eigenvalue weighted by atomic mass is 15.3. The highest BCUT2D eigenvalue weighted by molar-refractivity contribution is 5.10. The Kier molecular flexibility index (Phi) is 2.95. The van der Waals surface area contributed by atoms with Crippen LogP contribution in [0.3, 0.4) is 0 Å². The maximum atomic E-state index is 4.50. The second-order valence-corrected chi connectivity index (χ2v) is 5.69. The topological polar surface area (TPSA) is 29.9 Å². The molecule has 3 rings (SSSR count). The van der Waals surface area contributed by atoms with E-state index in [9.17, 15) is 0 Å². The van der Waals surface area contributed by atoms with E-state index in [1.165, 1.54) is 37.1 Å². The van der Waals surface area contributed by atoms with E-state index in [4.69, 9.17) is 0 Å². The maximum absolute atomic E-state index is 4.50. The second kappa shape index (κ2) is 4.45. The third-order valence-corrected chi connectivity index (χ3v) is 4.17. The highest BCUT2D eigenvalue weighted by Crippen LogP contribution is 2.44. The highest BCUT2D eigenvalue weighted by Gasteiger charge is 2.40. The molecular formula is C14H23N3. The van der Waals surface area contributed by atoms with Crippen LogP contribution in [0.25, 0.3) is 0 Å². The average molecular weight is 233 g/mol. The molecule has 94 valence electrons. The molecule has 0 unspecified atom stereocenters. The molecule has 0 aromatic carbocycles. The molecule has 1 N–H and O–H groups in total. The molecule has 1 aromatic rings. The quantitative estimate of drug-likeness (QED) is 0.817. The average Bonchev–Trinajstić information content (AvgIpc) is 3.20. The van der Waals surface area contributed by atoms with Gasteiger partial charge in [-0.05, 0) is 50.0 Å². The van der Waals surface area contributed by atoms with Crippen molar-refractivity contribution in [2.24, 2.45) is 18.9 Å². The molecule has 3 heteroatoms. The zero-order valence-corrected chi connectivity index (χ0v) is 10.9. The van der Waals surface area contributed by atoms with E-state index < -0.39 is 0 Å². The van der Waals surface area contributed by atoms with Gasteiger partial charge in [-0.15, -0.1) is 0 Å². The van der Waals surface area contributed by atoms with Crippen molar-refractivity contribution in [3.8, 4) is 0 Å². The van der Waals surface area contributed by atoms with Gasteiger partial charge in [0, 0.05) is 19.6 Å². The van der Waals surface area contributed by atoms with Crippen molar-refractivity contribution in [3.05, 3.63) is 17.5 Å². The third kappa shape index (κ3) is 2.54. The van der Waals surface area contributed by atoms with E-state index in [2.05, 4.69) is 30.5 Å². The Balaban J connectivity index is 1.59. The number of hydrogen-bond donors (Lipinski definition) is 1. The Morgan fingerprint density at radius 1 is 1.35 bits per heavy atom. The van der Waals surface area contributed by atoms with Crippen LogP contribution in [0.2, 0.25) is 0 Å². The molecule has 2 aliphatic rings. The molecule has 2 aliphatic carbocycles. The van der Waals surface area contributed by atoms with Crippen LogP contribution >= 0.6 is 0 Å². The SMILES string of the molecule is CCc1cc(CNC(C2CC2)C2CC2)n(C)n1. The summed E-state index contributed by atoms with van der Waals surface area (Å²) < 4.78 is 2.03. The molecule has 1 aromatic heterocycles. The van der Waals surface area contributed by atoms with Crippen molar-refractivity contribution >= 4 is 0 Å². The Bertz CT molecular complexity index is 376. The largest absolute Gasteiger partial charge is 0.308 e. The van der Waals surface area contributed by atoms with Crippen LogP contribution in [0.5, 0.6) is 0 Å². The zero-order valence-electron chi connectivity index (χ0n) is 10.9. The first-order chi connectivity index (χ1) is 8.28. The van der Waals surface area contributed by atoms with Gasteiger partial charge in [0.25, 0.3) is 0 Å². The van der Waals surface area contributed by atoms with Gasteiger partial charge >= 0.3 is 0 Å². The van der Waals surface area contributed by atoms with Crippen molar-refractivity contribution < 1.29 is 0 Å². The van der Waals surface area contributed by atoms with Crippen molar-refractivity contribution in [2.75, 3.05) is 0 Å². The summed E-state index contributed by atoms with van der Waals surface area (Å²) in [7, 11) is 2.05. The van der Waals surface area contributed by atoms with Gasteiger partial charge in [-0.25, -0.2) is 0 Å². The van der Waals surface area contributed by atoms with Crippen LogP contribution in [0.15, 0.2) is 6.07 Å². The molecule has 0 radical (unpaired) electrons. The van der Waals surface area contributed by atoms with Gasteiger partial charge in [0.2, 0.25) is 0 Å². The van der Waals surface area contributed by atoms with Crippen LogP contribution in [0, 0.1) is 11.8 Å². The lowest BCUT2D eigenvalue weighted by atomic mass is 10.1. The minimum Gasteiger partial charge on any atom is -0.308 e. The molecule has 0 bridgehead atoms. The summed E-state index contributed by atoms with van der Waals surface area (Å²) in [5.41, 5.74) is 2.53. The van der Waals surface area contributed by atoms with Gasteiger partial charge < -0.3 is 5.32 Å². The molecule has 2 fully saturated rings. The summed E-state index contributed by atoms with van der Waals surface area (Å²) in [6.07, 6.45) is 6.81. The molecule has 3 nitrogen and oxygen atoms in total. The molecule has 0 amide bonds. The summed E-state index contributed by atoms with van der Waals surface area (Å²) in [6.45, 7) is 3.15. The summed E-state index contributed by atoms with van der Waals surface area (Å²) in [5, 5.41) is 8.28. The van der Waals surface area contributed by atoms with E-state index >= 15 is 0 Å². The minimum atomic E-state index is 0.787. The van der Waals surface area contributed by atoms with Crippen molar-refractivity contribution in [1.29, 1.82) is 0 Å². The van der Waals surface area contributed by atoms with Gasteiger partial charge in [0.05, 0.1) is 11.4 Å². The molecule has 1 heterocycles. The molecule has 2 saturated carbocycles. The summed E-state index contributed by atoms with van der Waals surface area (Å²) in [5.74, 6) is 1.95. The maximum Gasteiger partial charge on any atom is 0.0625 e. The molecule has 0 saturated heterocycles. The van der Waals surface area contributed by atoms with E-state index in [0.717, 1.165) is 30.8 Å². The number of rotatable bonds is 6. The fourth-order valence-corrected chi connectivity index (χ4v) is 2.76. The number of hydrogen-bond acceptors (Lipinski definition) is 2. The standard InChI is InChI=1S/C14H23N3/c1-3-12-8-13(17(2)16-12)9-15-14(10-4-5-10)11-6-7-11/h8,10-11,14-15H,3-7,9H2,1-2H3. The summed E-state index contributed by atoms with van der Waals surface area (Å²) in [4.78, 5) is 0. The van der Waals surface area contributed by atoms with Crippen molar-refractivity contribution in [1.82, 2.24) is 15.1 Å². The van der Waals surface area contributed by atoms with Gasteiger partial charge in [-0.2, -0.15) is 5.10 Å². The van der Waals surface area contributed by atoms with E-state index in [1.54, 1.807) is 0 Å². The Labute approximate surface area is 104 Å². The van der Waals surface area contributed by atoms with Gasteiger partial charge in [0.1, 0.15) is 0 Å².